The fourth-order valence-electron chi connectivity index (χ4n) is 2.20. The number of hydrogen-bond donors (Lipinski definition) is 1. The van der Waals surface area contributed by atoms with Gasteiger partial charge >= 0.3 is 6.18 Å². The van der Waals surface area contributed by atoms with E-state index < -0.39 is 11.7 Å². The molecule has 3 rings (SSSR count). The van der Waals surface area contributed by atoms with Crippen LogP contribution in [0.4, 0.5) is 18.9 Å². The molecule has 1 aliphatic heterocycles. The molecular weight excluding hydrogens is 365 g/mol. The number of methoxy groups -OCH3 is 1. The molecule has 1 fully saturated rings. The molecule has 0 bridgehead atoms. The zero-order valence-electron chi connectivity index (χ0n) is 13.5. The Morgan fingerprint density at radius 1 is 1.15 bits per heavy atom. The van der Waals surface area contributed by atoms with E-state index in [1.54, 1.807) is 37.5 Å². The van der Waals surface area contributed by atoms with Gasteiger partial charge in [0.25, 0.3) is 5.91 Å². The number of carbonyl (C=O) groups excluding carboxylic acids is 1. The highest BCUT2D eigenvalue weighted by atomic mass is 32.2. The van der Waals surface area contributed by atoms with Gasteiger partial charge in [-0.25, -0.2) is 4.99 Å². The van der Waals surface area contributed by atoms with Crippen LogP contribution in [0.1, 0.15) is 11.1 Å². The van der Waals surface area contributed by atoms with Crippen LogP contribution >= 0.6 is 11.8 Å². The SMILES string of the molecule is COc1ccc(C=C2SC(=Nc3cccc(C(F)(F)F)c3)NC2=O)cc1. The number of amidine groups is 1. The second kappa shape index (κ2) is 7.25. The van der Waals surface area contributed by atoms with Gasteiger partial charge in [0, 0.05) is 0 Å². The zero-order valence-corrected chi connectivity index (χ0v) is 14.3. The van der Waals surface area contributed by atoms with Gasteiger partial charge in [0.1, 0.15) is 5.75 Å². The summed E-state index contributed by atoms with van der Waals surface area (Å²) in [6.07, 6.45) is -2.77. The van der Waals surface area contributed by atoms with Crippen LogP contribution in [0.5, 0.6) is 5.75 Å². The molecule has 0 aromatic heterocycles. The number of rotatable bonds is 3. The van der Waals surface area contributed by atoms with E-state index >= 15 is 0 Å². The van der Waals surface area contributed by atoms with E-state index in [2.05, 4.69) is 10.3 Å². The zero-order chi connectivity index (χ0) is 18.7. The summed E-state index contributed by atoms with van der Waals surface area (Å²) in [7, 11) is 1.56. The average Bonchev–Trinajstić information content (AvgIpc) is 2.94. The molecule has 134 valence electrons. The Kier molecular flexibility index (Phi) is 5.03. The largest absolute Gasteiger partial charge is 0.497 e. The first-order valence-corrected chi connectivity index (χ1v) is 8.28. The molecule has 1 amide bonds. The molecule has 1 saturated heterocycles. The van der Waals surface area contributed by atoms with Crippen LogP contribution in [0.3, 0.4) is 0 Å². The number of ether oxygens (including phenoxy) is 1. The summed E-state index contributed by atoms with van der Waals surface area (Å²) >= 11 is 1.07. The van der Waals surface area contributed by atoms with Crippen LogP contribution in [0.15, 0.2) is 58.4 Å². The third kappa shape index (κ3) is 4.26. The Morgan fingerprint density at radius 2 is 1.88 bits per heavy atom. The van der Waals surface area contributed by atoms with Crippen LogP contribution in [0.2, 0.25) is 0 Å². The number of amides is 1. The first-order chi connectivity index (χ1) is 12.3. The predicted molar refractivity (Wildman–Crippen MR) is 95.2 cm³/mol. The van der Waals surface area contributed by atoms with Gasteiger partial charge in [-0.3, -0.25) is 4.79 Å². The first-order valence-electron chi connectivity index (χ1n) is 7.46. The maximum Gasteiger partial charge on any atom is 0.416 e. The third-order valence-corrected chi connectivity index (χ3v) is 4.38. The maximum absolute atomic E-state index is 12.8. The molecule has 1 N–H and O–H groups in total. The molecule has 0 unspecified atom stereocenters. The predicted octanol–water partition coefficient (Wildman–Crippen LogP) is 4.61. The number of hydrogen-bond acceptors (Lipinski definition) is 4. The van der Waals surface area contributed by atoms with Gasteiger partial charge in [0.15, 0.2) is 5.17 Å². The standard InChI is InChI=1S/C18H13F3N2O2S/c1-25-14-7-5-11(6-8-14)9-15-16(24)23-17(26-15)22-13-4-2-3-12(10-13)18(19,20)21/h2-10H,1H3,(H,22,23,24). The molecule has 0 aliphatic carbocycles. The maximum atomic E-state index is 12.8. The summed E-state index contributed by atoms with van der Waals surface area (Å²) in [6.45, 7) is 0. The molecule has 2 aromatic carbocycles. The van der Waals surface area contributed by atoms with Crippen molar-refractivity contribution < 1.29 is 22.7 Å². The highest BCUT2D eigenvalue weighted by Gasteiger charge is 2.30. The highest BCUT2D eigenvalue weighted by molar-refractivity contribution is 8.18. The fraction of sp³-hybridized carbons (Fsp3) is 0.111. The van der Waals surface area contributed by atoms with Crippen molar-refractivity contribution in [2.24, 2.45) is 4.99 Å². The summed E-state index contributed by atoms with van der Waals surface area (Å²) in [4.78, 5) is 16.5. The van der Waals surface area contributed by atoms with Crippen molar-refractivity contribution in [3.63, 3.8) is 0 Å². The number of nitrogens with zero attached hydrogens (tertiary/aromatic N) is 1. The van der Waals surface area contributed by atoms with Gasteiger partial charge in [-0.15, -0.1) is 0 Å². The Balaban J connectivity index is 1.80. The first kappa shape index (κ1) is 18.1. The molecule has 2 aromatic rings. The van der Waals surface area contributed by atoms with Crippen molar-refractivity contribution in [2.75, 3.05) is 7.11 Å². The van der Waals surface area contributed by atoms with Crippen molar-refractivity contribution in [3.8, 4) is 5.75 Å². The lowest BCUT2D eigenvalue weighted by Crippen LogP contribution is -2.19. The minimum atomic E-state index is -4.44. The second-order valence-corrected chi connectivity index (χ2v) is 6.33. The minimum Gasteiger partial charge on any atom is -0.497 e. The molecule has 0 saturated carbocycles. The monoisotopic (exact) mass is 378 g/mol. The van der Waals surface area contributed by atoms with E-state index in [4.69, 9.17) is 4.74 Å². The van der Waals surface area contributed by atoms with Gasteiger partial charge < -0.3 is 10.1 Å². The number of benzene rings is 2. The van der Waals surface area contributed by atoms with Crippen LogP contribution in [-0.2, 0) is 11.0 Å². The Bertz CT molecular complexity index is 890. The minimum absolute atomic E-state index is 0.119. The van der Waals surface area contributed by atoms with E-state index in [9.17, 15) is 18.0 Å². The topological polar surface area (TPSA) is 50.7 Å². The summed E-state index contributed by atoms with van der Waals surface area (Å²) in [5.41, 5.74) is 0.125. The molecule has 1 heterocycles. The van der Waals surface area contributed by atoms with Crippen LogP contribution in [0.25, 0.3) is 6.08 Å². The van der Waals surface area contributed by atoms with Gasteiger partial charge in [-0.1, -0.05) is 18.2 Å². The van der Waals surface area contributed by atoms with Crippen molar-refractivity contribution in [2.45, 2.75) is 6.18 Å². The summed E-state index contributed by atoms with van der Waals surface area (Å²) in [5.74, 6) is 0.346. The van der Waals surface area contributed by atoms with Crippen LogP contribution < -0.4 is 10.1 Å². The van der Waals surface area contributed by atoms with Gasteiger partial charge in [0.05, 0.1) is 23.3 Å². The van der Waals surface area contributed by atoms with Crippen molar-refractivity contribution in [1.29, 1.82) is 0 Å². The Morgan fingerprint density at radius 3 is 2.54 bits per heavy atom. The summed E-state index contributed by atoms with van der Waals surface area (Å²) in [6, 6.07) is 11.7. The number of carbonyl (C=O) groups is 1. The Hall–Kier alpha value is -2.74. The summed E-state index contributed by atoms with van der Waals surface area (Å²) < 4.78 is 43.4. The smallest absolute Gasteiger partial charge is 0.416 e. The lowest BCUT2D eigenvalue weighted by molar-refractivity contribution is -0.137. The molecule has 0 spiro atoms. The van der Waals surface area contributed by atoms with Crippen LogP contribution in [0, 0.1) is 0 Å². The molecule has 8 heteroatoms. The molecule has 26 heavy (non-hydrogen) atoms. The molecule has 0 atom stereocenters. The lowest BCUT2D eigenvalue weighted by Gasteiger charge is -2.06. The number of aliphatic imine (C=N–C) groups is 1. The second-order valence-electron chi connectivity index (χ2n) is 5.30. The van der Waals surface area contributed by atoms with Gasteiger partial charge in [0.2, 0.25) is 0 Å². The third-order valence-electron chi connectivity index (χ3n) is 3.47. The number of alkyl halides is 3. The average molecular weight is 378 g/mol. The van der Waals surface area contributed by atoms with E-state index in [0.717, 1.165) is 29.5 Å². The lowest BCUT2D eigenvalue weighted by atomic mass is 10.2. The fourth-order valence-corrected chi connectivity index (χ4v) is 3.04. The van der Waals surface area contributed by atoms with Crippen molar-refractivity contribution in [3.05, 3.63) is 64.6 Å². The Labute approximate surface area is 151 Å². The number of thioether (sulfide) groups is 1. The van der Waals surface area contributed by atoms with E-state index in [1.807, 2.05) is 0 Å². The van der Waals surface area contributed by atoms with Gasteiger partial charge in [-0.05, 0) is 53.7 Å². The van der Waals surface area contributed by atoms with Crippen molar-refractivity contribution in [1.82, 2.24) is 5.32 Å². The van der Waals surface area contributed by atoms with Gasteiger partial charge in [-0.2, -0.15) is 13.2 Å². The number of halogens is 3. The molecule has 0 radical (unpaired) electrons. The summed E-state index contributed by atoms with van der Waals surface area (Å²) in [5, 5.41) is 2.78. The van der Waals surface area contributed by atoms with E-state index in [-0.39, 0.29) is 16.8 Å². The molecule has 4 nitrogen and oxygen atoms in total. The molecule has 1 aliphatic rings. The highest BCUT2D eigenvalue weighted by Crippen LogP contribution is 2.33. The van der Waals surface area contributed by atoms with E-state index in [0.29, 0.717) is 10.7 Å². The van der Waals surface area contributed by atoms with Crippen LogP contribution in [-0.4, -0.2) is 18.2 Å². The quantitative estimate of drug-likeness (QED) is 0.794. The number of nitrogens with one attached hydrogen (secondary N) is 1. The molecular formula is C18H13F3N2O2S. The van der Waals surface area contributed by atoms with Crippen molar-refractivity contribution >= 4 is 34.6 Å². The normalized spacial score (nSPS) is 17.6. The van der Waals surface area contributed by atoms with E-state index in [1.165, 1.54) is 12.1 Å².